The number of alkyl halides is 5. The lowest BCUT2D eigenvalue weighted by molar-refractivity contribution is -0.137. The van der Waals surface area contributed by atoms with Crippen molar-refractivity contribution in [1.82, 2.24) is 0 Å². The maximum atomic E-state index is 12.2. The minimum Gasteiger partial charge on any atom is -0.324 e. The Morgan fingerprint density at radius 1 is 1.19 bits per heavy atom. The van der Waals surface area contributed by atoms with Crippen LogP contribution < -0.4 is 5.32 Å². The molecule has 0 aliphatic carbocycles. The van der Waals surface area contributed by atoms with Gasteiger partial charge in [0.25, 0.3) is 0 Å². The predicted octanol–water partition coefficient (Wildman–Crippen LogP) is 3.76. The van der Waals surface area contributed by atoms with Gasteiger partial charge in [0.2, 0.25) is 5.91 Å². The number of nitrogens with one attached hydrogen (secondary N) is 1. The van der Waals surface area contributed by atoms with E-state index in [1.165, 1.54) is 12.1 Å². The first-order chi connectivity index (χ1) is 7.30. The van der Waals surface area contributed by atoms with Crippen molar-refractivity contribution in [3.8, 4) is 0 Å². The van der Waals surface area contributed by atoms with E-state index in [0.717, 1.165) is 12.1 Å². The van der Waals surface area contributed by atoms with Gasteiger partial charge < -0.3 is 5.32 Å². The molecule has 0 saturated heterocycles. The van der Waals surface area contributed by atoms with Crippen LogP contribution in [0.3, 0.4) is 0 Å². The first kappa shape index (κ1) is 13.5. The fraction of sp³-hybridized carbons (Fsp3) is 0.222. The second-order valence-electron chi connectivity index (χ2n) is 2.87. The van der Waals surface area contributed by atoms with E-state index in [4.69, 9.17) is 0 Å². The molecule has 1 amide bonds. The van der Waals surface area contributed by atoms with Crippen molar-refractivity contribution in [2.75, 3.05) is 5.32 Å². The van der Waals surface area contributed by atoms with Crippen molar-refractivity contribution < 1.29 is 18.0 Å². The van der Waals surface area contributed by atoms with Gasteiger partial charge >= 0.3 is 6.18 Å². The summed E-state index contributed by atoms with van der Waals surface area (Å²) in [5.41, 5.74) is -0.443. The number of rotatable bonds is 2. The van der Waals surface area contributed by atoms with E-state index in [-0.39, 0.29) is 5.91 Å². The fourth-order valence-electron chi connectivity index (χ4n) is 0.939. The summed E-state index contributed by atoms with van der Waals surface area (Å²) >= 11 is 5.94. The van der Waals surface area contributed by atoms with Crippen molar-refractivity contribution in [3.63, 3.8) is 0 Å². The maximum absolute atomic E-state index is 12.2. The Hall–Kier alpha value is -0.560. The molecule has 1 rings (SSSR count). The van der Waals surface area contributed by atoms with Gasteiger partial charge in [-0.25, -0.2) is 0 Å². The Morgan fingerprint density at radius 2 is 1.69 bits per heavy atom. The van der Waals surface area contributed by atoms with Gasteiger partial charge in [0.1, 0.15) is 3.74 Å². The zero-order valence-electron chi connectivity index (χ0n) is 7.68. The van der Waals surface area contributed by atoms with E-state index < -0.39 is 15.5 Å². The molecule has 0 heterocycles. The van der Waals surface area contributed by atoms with Crippen LogP contribution in [-0.2, 0) is 11.0 Å². The highest BCUT2D eigenvalue weighted by Gasteiger charge is 2.30. The van der Waals surface area contributed by atoms with Gasteiger partial charge in [0.15, 0.2) is 0 Å². The number of anilines is 1. The Kier molecular flexibility index (Phi) is 4.37. The van der Waals surface area contributed by atoms with Crippen LogP contribution >= 0.6 is 31.9 Å². The van der Waals surface area contributed by atoms with Gasteiger partial charge in [-0.15, -0.1) is 0 Å². The predicted molar refractivity (Wildman–Crippen MR) is 61.7 cm³/mol. The lowest BCUT2D eigenvalue weighted by Crippen LogP contribution is -2.17. The minimum atomic E-state index is -4.37. The van der Waals surface area contributed by atoms with Gasteiger partial charge in [0.05, 0.1) is 5.56 Å². The molecule has 0 unspecified atom stereocenters. The molecule has 0 spiro atoms. The molecule has 0 radical (unpaired) electrons. The lowest BCUT2D eigenvalue weighted by Gasteiger charge is -2.09. The van der Waals surface area contributed by atoms with E-state index in [1.807, 2.05) is 0 Å². The molecule has 0 saturated carbocycles. The zero-order chi connectivity index (χ0) is 12.3. The van der Waals surface area contributed by atoms with Crippen LogP contribution in [0.15, 0.2) is 24.3 Å². The molecule has 0 aromatic heterocycles. The zero-order valence-corrected chi connectivity index (χ0v) is 10.9. The fourth-order valence-corrected chi connectivity index (χ4v) is 1.17. The SMILES string of the molecule is O=C(Nc1ccc(C(F)(F)F)cc1)C(Br)Br. The van der Waals surface area contributed by atoms with E-state index in [2.05, 4.69) is 37.2 Å². The summed E-state index contributed by atoms with van der Waals surface area (Å²) in [6, 6.07) is 4.21. The molecular weight excluding hydrogens is 355 g/mol. The van der Waals surface area contributed by atoms with Crippen molar-refractivity contribution in [1.29, 1.82) is 0 Å². The molecule has 1 aromatic rings. The molecule has 1 aromatic carbocycles. The van der Waals surface area contributed by atoms with Crippen molar-refractivity contribution in [3.05, 3.63) is 29.8 Å². The average molecular weight is 361 g/mol. The maximum Gasteiger partial charge on any atom is 0.416 e. The summed E-state index contributed by atoms with van der Waals surface area (Å²) in [5, 5.41) is 2.42. The van der Waals surface area contributed by atoms with Gasteiger partial charge in [-0.3, -0.25) is 4.79 Å². The van der Waals surface area contributed by atoms with Crippen LogP contribution in [0.1, 0.15) is 5.56 Å². The molecule has 0 fully saturated rings. The molecule has 16 heavy (non-hydrogen) atoms. The molecule has 7 heteroatoms. The third-order valence-corrected chi connectivity index (χ3v) is 2.51. The smallest absolute Gasteiger partial charge is 0.324 e. The standard InChI is InChI=1S/C9H6Br2F3NO/c10-7(11)8(16)15-6-3-1-5(2-4-6)9(12,13)14/h1-4,7H,(H,15,16). The third kappa shape index (κ3) is 3.79. The Balaban J connectivity index is 2.76. The quantitative estimate of drug-likeness (QED) is 0.799. The highest BCUT2D eigenvalue weighted by Crippen LogP contribution is 2.29. The number of halogens is 5. The van der Waals surface area contributed by atoms with Gasteiger partial charge in [-0.2, -0.15) is 13.2 Å². The lowest BCUT2D eigenvalue weighted by atomic mass is 10.2. The highest BCUT2D eigenvalue weighted by atomic mass is 79.9. The molecular formula is C9H6Br2F3NO. The van der Waals surface area contributed by atoms with Crippen LogP contribution in [0.2, 0.25) is 0 Å². The van der Waals surface area contributed by atoms with Crippen LogP contribution in [0, 0.1) is 0 Å². The Morgan fingerprint density at radius 3 is 2.06 bits per heavy atom. The summed E-state index contributed by atoms with van der Waals surface area (Å²) in [4.78, 5) is 11.2. The number of benzene rings is 1. The number of hydrogen-bond acceptors (Lipinski definition) is 1. The van der Waals surface area contributed by atoms with E-state index in [1.54, 1.807) is 0 Å². The third-order valence-electron chi connectivity index (χ3n) is 1.68. The molecule has 0 aliphatic heterocycles. The van der Waals surface area contributed by atoms with Crippen LogP contribution in [-0.4, -0.2) is 9.64 Å². The molecule has 2 nitrogen and oxygen atoms in total. The largest absolute Gasteiger partial charge is 0.416 e. The Labute approximate surface area is 106 Å². The van der Waals surface area contributed by atoms with E-state index in [0.29, 0.717) is 5.69 Å². The van der Waals surface area contributed by atoms with Crippen LogP contribution in [0.5, 0.6) is 0 Å². The molecule has 1 N–H and O–H groups in total. The number of carbonyl (C=O) groups is 1. The van der Waals surface area contributed by atoms with Crippen LogP contribution in [0.4, 0.5) is 18.9 Å². The second kappa shape index (κ2) is 5.18. The van der Waals surface area contributed by atoms with Crippen molar-refractivity contribution in [2.45, 2.75) is 9.91 Å². The van der Waals surface area contributed by atoms with Gasteiger partial charge in [-0.05, 0) is 24.3 Å². The van der Waals surface area contributed by atoms with Crippen molar-refractivity contribution in [2.24, 2.45) is 0 Å². The number of amides is 1. The number of carbonyl (C=O) groups excluding carboxylic acids is 1. The Bertz CT molecular complexity index is 375. The van der Waals surface area contributed by atoms with Gasteiger partial charge in [-0.1, -0.05) is 31.9 Å². The molecule has 0 bridgehead atoms. The van der Waals surface area contributed by atoms with Gasteiger partial charge in [0, 0.05) is 5.69 Å². The molecule has 88 valence electrons. The van der Waals surface area contributed by atoms with E-state index >= 15 is 0 Å². The summed E-state index contributed by atoms with van der Waals surface area (Å²) in [6.07, 6.45) is -4.37. The average Bonchev–Trinajstić information content (AvgIpc) is 2.17. The van der Waals surface area contributed by atoms with E-state index in [9.17, 15) is 18.0 Å². The number of hydrogen-bond donors (Lipinski definition) is 1. The monoisotopic (exact) mass is 359 g/mol. The van der Waals surface area contributed by atoms with Crippen molar-refractivity contribution >= 4 is 43.5 Å². The van der Waals surface area contributed by atoms with Crippen LogP contribution in [0.25, 0.3) is 0 Å². The first-order valence-corrected chi connectivity index (χ1v) is 5.90. The summed E-state index contributed by atoms with van der Waals surface area (Å²) in [7, 11) is 0. The normalized spacial score (nSPS) is 11.6. The molecule has 0 atom stereocenters. The highest BCUT2D eigenvalue weighted by molar-refractivity contribution is 9.25. The topological polar surface area (TPSA) is 29.1 Å². The first-order valence-electron chi connectivity index (χ1n) is 4.07. The summed E-state index contributed by atoms with van der Waals surface area (Å²) in [6.45, 7) is 0. The summed E-state index contributed by atoms with van der Waals surface area (Å²) in [5.74, 6) is -0.389. The minimum absolute atomic E-state index is 0.307. The summed E-state index contributed by atoms with van der Waals surface area (Å²) < 4.78 is 36.0. The second-order valence-corrected chi connectivity index (χ2v) is 5.93. The molecule has 0 aliphatic rings.